The fraction of sp³-hybridized carbons (Fsp3) is 0.567. The van der Waals surface area contributed by atoms with Crippen molar-refractivity contribution in [3.05, 3.63) is 53.7 Å². The fourth-order valence-electron chi connectivity index (χ4n) is 6.65. The van der Waals surface area contributed by atoms with Crippen LogP contribution in [-0.2, 0) is 14.4 Å². The van der Waals surface area contributed by atoms with Gasteiger partial charge in [-0.25, -0.2) is 8.78 Å². The molecule has 39 heavy (non-hydrogen) atoms. The third-order valence-electron chi connectivity index (χ3n) is 8.92. The van der Waals surface area contributed by atoms with Crippen LogP contribution in [0.4, 0.5) is 8.78 Å². The Bertz CT molecular complexity index is 1130. The first-order valence-corrected chi connectivity index (χ1v) is 13.7. The normalized spacial score (nSPS) is 24.1. The van der Waals surface area contributed by atoms with E-state index in [1.807, 2.05) is 30.3 Å². The van der Waals surface area contributed by atoms with Gasteiger partial charge in [-0.1, -0.05) is 43.2 Å². The molecular formula is C30H39F2N3O4. The number of benzene rings is 1. The van der Waals surface area contributed by atoms with Crippen molar-refractivity contribution in [2.45, 2.75) is 63.4 Å². The fourth-order valence-corrected chi connectivity index (χ4v) is 6.65. The molecule has 2 aliphatic carbocycles. The first kappa shape index (κ1) is 28.9. The van der Waals surface area contributed by atoms with Gasteiger partial charge in [-0.15, -0.1) is 0 Å². The Hall–Kier alpha value is -3.07. The van der Waals surface area contributed by atoms with E-state index in [2.05, 4.69) is 5.32 Å². The molecule has 2 amide bonds. The van der Waals surface area contributed by atoms with Gasteiger partial charge in [0, 0.05) is 51.8 Å². The van der Waals surface area contributed by atoms with Crippen LogP contribution < -0.4 is 5.32 Å². The average Bonchev–Trinajstić information content (AvgIpc) is 3.53. The highest BCUT2D eigenvalue weighted by Crippen LogP contribution is 2.55. The Labute approximate surface area is 228 Å². The number of nitrogens with zero attached hydrogens (tertiary/aromatic N) is 2. The second-order valence-corrected chi connectivity index (χ2v) is 11.5. The number of nitrogens with one attached hydrogen (secondary N) is 1. The minimum absolute atomic E-state index is 0.196. The highest BCUT2D eigenvalue weighted by molar-refractivity contribution is 6.10. The highest BCUT2D eigenvalue weighted by atomic mass is 19.3. The van der Waals surface area contributed by atoms with Crippen LogP contribution in [0.3, 0.4) is 0 Å². The second-order valence-electron chi connectivity index (χ2n) is 11.5. The number of carbonyl (C=O) groups excluding carboxylic acids is 3. The summed E-state index contributed by atoms with van der Waals surface area (Å²) in [7, 11) is 3.31. The molecule has 2 N–H and O–H groups in total. The summed E-state index contributed by atoms with van der Waals surface area (Å²) in [6, 6.07) is 9.15. The Morgan fingerprint density at radius 2 is 1.79 bits per heavy atom. The topological polar surface area (TPSA) is 90.0 Å². The summed E-state index contributed by atoms with van der Waals surface area (Å²) in [6.07, 6.45) is 5.41. The Balaban J connectivity index is 1.58. The van der Waals surface area contributed by atoms with Gasteiger partial charge in [0.15, 0.2) is 0 Å². The maximum atomic E-state index is 13.3. The number of aliphatic hydroxyl groups is 1. The molecule has 1 saturated heterocycles. The van der Waals surface area contributed by atoms with Crippen LogP contribution in [0.25, 0.3) is 5.57 Å². The molecule has 3 fully saturated rings. The molecule has 1 aliphatic heterocycles. The number of piperidine rings is 1. The maximum absolute atomic E-state index is 13.3. The van der Waals surface area contributed by atoms with Crippen LogP contribution in [-0.4, -0.2) is 78.8 Å². The first-order valence-electron chi connectivity index (χ1n) is 13.7. The lowest BCUT2D eigenvalue weighted by Crippen LogP contribution is -2.64. The third-order valence-corrected chi connectivity index (χ3v) is 8.92. The zero-order chi connectivity index (χ0) is 28.3. The Morgan fingerprint density at radius 1 is 1.13 bits per heavy atom. The lowest BCUT2D eigenvalue weighted by atomic mass is 9.65. The molecule has 7 nitrogen and oxygen atoms in total. The third kappa shape index (κ3) is 5.93. The summed E-state index contributed by atoms with van der Waals surface area (Å²) in [5.74, 6) is -0.562. The summed E-state index contributed by atoms with van der Waals surface area (Å²) in [5.41, 5.74) is -1.16. The van der Waals surface area contributed by atoms with Crippen LogP contribution >= 0.6 is 0 Å². The van der Waals surface area contributed by atoms with Gasteiger partial charge in [-0.2, -0.15) is 0 Å². The molecule has 9 heteroatoms. The SMILES string of the molecule is CNC(=O)C(=C/N(C)CC1(O)CCN(C(=O)C2(CC(F)F)CC2)CC12CCCC2)/C(=C\C=O)c1ccccc1. The number of likely N-dealkylation sites (N-methyl/N-ethyl adjacent to an activating group) is 2. The summed E-state index contributed by atoms with van der Waals surface area (Å²) in [6.45, 7) is 0.886. The quantitative estimate of drug-likeness (QED) is 0.266. The molecule has 0 aromatic heterocycles. The zero-order valence-corrected chi connectivity index (χ0v) is 22.8. The van der Waals surface area contributed by atoms with Gasteiger partial charge in [0.1, 0.15) is 6.29 Å². The van der Waals surface area contributed by atoms with Gasteiger partial charge in [-0.3, -0.25) is 14.4 Å². The second kappa shape index (κ2) is 11.6. The number of aldehydes is 1. The number of hydrogen-bond acceptors (Lipinski definition) is 5. The molecule has 1 aromatic carbocycles. The molecule has 4 rings (SSSR count). The number of amides is 2. The molecule has 212 valence electrons. The minimum Gasteiger partial charge on any atom is -0.387 e. The van der Waals surface area contributed by atoms with E-state index in [4.69, 9.17) is 0 Å². The van der Waals surface area contributed by atoms with Crippen molar-refractivity contribution in [3.8, 4) is 0 Å². The standard InChI is InChI=1S/C30H39F2N3O4/c1-33-26(37)24(23(10-17-36)22-8-4-3-5-9-22)19-34(2)21-30(39)15-16-35(20-29(30)11-6-7-12-29)27(38)28(13-14-28)18-25(31)32/h3-5,8-10,17,19,25,39H,6-7,11-16,18,20-21H2,1-2H3,(H,33,37)/b23-10-,24-19+. The molecule has 0 radical (unpaired) electrons. The van der Waals surface area contributed by atoms with Crippen LogP contribution in [0.15, 0.2) is 48.2 Å². The monoisotopic (exact) mass is 543 g/mol. The van der Waals surface area contributed by atoms with Gasteiger partial charge >= 0.3 is 0 Å². The van der Waals surface area contributed by atoms with Gasteiger partial charge < -0.3 is 20.2 Å². The molecular weight excluding hydrogens is 504 g/mol. The van der Waals surface area contributed by atoms with Gasteiger partial charge in [0.2, 0.25) is 12.3 Å². The number of likely N-dealkylation sites (tertiary alicyclic amines) is 1. The number of rotatable bonds is 10. The average molecular weight is 544 g/mol. The van der Waals surface area contributed by atoms with E-state index in [0.29, 0.717) is 49.8 Å². The van der Waals surface area contributed by atoms with Gasteiger partial charge in [0.25, 0.3) is 5.91 Å². The lowest BCUT2D eigenvalue weighted by Gasteiger charge is -2.53. The van der Waals surface area contributed by atoms with Crippen molar-refractivity contribution in [2.75, 3.05) is 33.7 Å². The first-order chi connectivity index (χ1) is 18.6. The van der Waals surface area contributed by atoms with Gasteiger partial charge in [-0.05, 0) is 49.3 Å². The molecule has 1 unspecified atom stereocenters. The molecule has 1 aromatic rings. The minimum atomic E-state index is -2.51. The zero-order valence-electron chi connectivity index (χ0n) is 22.8. The van der Waals surface area contributed by atoms with Crippen LogP contribution in [0.1, 0.15) is 56.9 Å². The number of alkyl halides is 2. The van der Waals surface area contributed by atoms with Crippen molar-refractivity contribution in [1.29, 1.82) is 0 Å². The number of halogens is 2. The molecule has 1 spiro atoms. The van der Waals surface area contributed by atoms with Crippen molar-refractivity contribution in [1.82, 2.24) is 15.1 Å². The molecule has 0 bridgehead atoms. The van der Waals surface area contributed by atoms with E-state index in [0.717, 1.165) is 25.7 Å². The maximum Gasteiger partial charge on any atom is 0.253 e. The van der Waals surface area contributed by atoms with Crippen molar-refractivity contribution < 1.29 is 28.3 Å². The van der Waals surface area contributed by atoms with Gasteiger partial charge in [0.05, 0.1) is 16.6 Å². The number of carbonyl (C=O) groups is 3. The largest absolute Gasteiger partial charge is 0.387 e. The van der Waals surface area contributed by atoms with Crippen molar-refractivity contribution >= 4 is 23.7 Å². The predicted molar refractivity (Wildman–Crippen MR) is 145 cm³/mol. The number of hydrogen-bond donors (Lipinski definition) is 2. The molecule has 1 heterocycles. The summed E-state index contributed by atoms with van der Waals surface area (Å²) >= 11 is 0. The smallest absolute Gasteiger partial charge is 0.253 e. The van der Waals surface area contributed by atoms with Crippen molar-refractivity contribution in [2.24, 2.45) is 10.8 Å². The number of allylic oxidation sites excluding steroid dienone is 1. The van der Waals surface area contributed by atoms with E-state index < -0.39 is 29.3 Å². The van der Waals surface area contributed by atoms with E-state index in [-0.39, 0.29) is 23.9 Å². The van der Waals surface area contributed by atoms with E-state index >= 15 is 0 Å². The molecule has 1 atom stereocenters. The predicted octanol–water partition coefficient (Wildman–Crippen LogP) is 3.79. The van der Waals surface area contributed by atoms with E-state index in [1.54, 1.807) is 23.0 Å². The van der Waals surface area contributed by atoms with E-state index in [9.17, 15) is 28.3 Å². The highest BCUT2D eigenvalue weighted by Gasteiger charge is 2.59. The lowest BCUT2D eigenvalue weighted by molar-refractivity contribution is -0.164. The van der Waals surface area contributed by atoms with Crippen molar-refractivity contribution in [3.63, 3.8) is 0 Å². The van der Waals surface area contributed by atoms with Crippen LogP contribution in [0, 0.1) is 10.8 Å². The van der Waals surface area contributed by atoms with Crippen LogP contribution in [0.5, 0.6) is 0 Å². The summed E-state index contributed by atoms with van der Waals surface area (Å²) in [5, 5.41) is 14.8. The summed E-state index contributed by atoms with van der Waals surface area (Å²) in [4.78, 5) is 41.2. The van der Waals surface area contributed by atoms with Crippen LogP contribution in [0.2, 0.25) is 0 Å². The molecule has 2 saturated carbocycles. The summed E-state index contributed by atoms with van der Waals surface area (Å²) < 4.78 is 26.4. The van der Waals surface area contributed by atoms with E-state index in [1.165, 1.54) is 13.1 Å². The Morgan fingerprint density at radius 3 is 2.36 bits per heavy atom. The molecule has 3 aliphatic rings. The Kier molecular flexibility index (Phi) is 8.59.